The molecule has 1 fully saturated rings. The Kier molecular flexibility index (Phi) is 4.69. The van der Waals surface area contributed by atoms with E-state index in [0.29, 0.717) is 19.4 Å². The van der Waals surface area contributed by atoms with Crippen LogP contribution in [-0.2, 0) is 16.1 Å². The molecule has 0 radical (unpaired) electrons. The third-order valence-electron chi connectivity index (χ3n) is 4.67. The summed E-state index contributed by atoms with van der Waals surface area (Å²) in [5, 5.41) is 0. The molecule has 1 aromatic carbocycles. The summed E-state index contributed by atoms with van der Waals surface area (Å²) in [4.78, 5) is 28.6. The zero-order valence-corrected chi connectivity index (χ0v) is 14.0. The van der Waals surface area contributed by atoms with Crippen molar-refractivity contribution in [2.75, 3.05) is 14.1 Å². The fraction of sp³-hybridized carbons (Fsp3) is 0.368. The molecule has 126 valence electrons. The highest BCUT2D eigenvalue weighted by molar-refractivity contribution is 5.84. The Hall–Kier alpha value is -2.56. The molecule has 2 amide bonds. The standard InChI is InChI=1S/C19H22N2O3/c1-20(13-15-9-6-12-24-15)19(23)16-10-11-17(22)21(2)18(16)14-7-4-3-5-8-14/h3-9,12,16,18H,10-11,13H2,1-2H3/t16-,18-/m0/s1. The predicted octanol–water partition coefficient (Wildman–Crippen LogP) is 2.85. The molecular weight excluding hydrogens is 304 g/mol. The van der Waals surface area contributed by atoms with E-state index >= 15 is 0 Å². The van der Waals surface area contributed by atoms with E-state index in [4.69, 9.17) is 4.42 Å². The molecule has 0 aliphatic carbocycles. The average Bonchev–Trinajstić information content (AvgIpc) is 3.10. The third-order valence-corrected chi connectivity index (χ3v) is 4.67. The number of hydrogen-bond acceptors (Lipinski definition) is 3. The van der Waals surface area contributed by atoms with E-state index in [1.807, 2.05) is 42.5 Å². The van der Waals surface area contributed by atoms with Crippen molar-refractivity contribution in [2.45, 2.75) is 25.4 Å². The van der Waals surface area contributed by atoms with Gasteiger partial charge in [-0.05, 0) is 24.1 Å². The maximum Gasteiger partial charge on any atom is 0.228 e. The normalized spacial score (nSPS) is 20.9. The molecule has 2 atom stereocenters. The van der Waals surface area contributed by atoms with E-state index in [-0.39, 0.29) is 23.8 Å². The van der Waals surface area contributed by atoms with Crippen LogP contribution in [0.4, 0.5) is 0 Å². The molecule has 5 heteroatoms. The van der Waals surface area contributed by atoms with E-state index in [1.54, 1.807) is 30.2 Å². The van der Waals surface area contributed by atoms with Gasteiger partial charge < -0.3 is 14.2 Å². The van der Waals surface area contributed by atoms with Crippen LogP contribution < -0.4 is 0 Å². The largest absolute Gasteiger partial charge is 0.467 e. The molecule has 5 nitrogen and oxygen atoms in total. The van der Waals surface area contributed by atoms with Crippen molar-refractivity contribution in [3.63, 3.8) is 0 Å². The van der Waals surface area contributed by atoms with Gasteiger partial charge in [0.2, 0.25) is 11.8 Å². The SMILES string of the molecule is CN(Cc1ccco1)C(=O)[C@H]1CCC(=O)N(C)[C@H]1c1ccccc1. The van der Waals surface area contributed by atoms with Gasteiger partial charge in [-0.1, -0.05) is 30.3 Å². The molecule has 0 unspecified atom stereocenters. The van der Waals surface area contributed by atoms with Crippen LogP contribution in [0.2, 0.25) is 0 Å². The van der Waals surface area contributed by atoms with Crippen LogP contribution in [0, 0.1) is 5.92 Å². The van der Waals surface area contributed by atoms with Crippen molar-refractivity contribution in [1.29, 1.82) is 0 Å². The molecular formula is C19H22N2O3. The highest BCUT2D eigenvalue weighted by Crippen LogP contribution is 2.36. The van der Waals surface area contributed by atoms with E-state index in [9.17, 15) is 9.59 Å². The van der Waals surface area contributed by atoms with Crippen LogP contribution in [0.15, 0.2) is 53.1 Å². The van der Waals surface area contributed by atoms with Gasteiger partial charge in [0.15, 0.2) is 0 Å². The summed E-state index contributed by atoms with van der Waals surface area (Å²) in [6.07, 6.45) is 2.59. The molecule has 3 rings (SSSR count). The summed E-state index contributed by atoms with van der Waals surface area (Å²) in [6, 6.07) is 13.2. The smallest absolute Gasteiger partial charge is 0.228 e. The summed E-state index contributed by atoms with van der Waals surface area (Å²) < 4.78 is 5.33. The molecule has 1 aliphatic rings. The predicted molar refractivity (Wildman–Crippen MR) is 89.9 cm³/mol. The summed E-state index contributed by atoms with van der Waals surface area (Å²) >= 11 is 0. The first kappa shape index (κ1) is 16.3. The molecule has 0 spiro atoms. The van der Waals surface area contributed by atoms with E-state index in [0.717, 1.165) is 11.3 Å². The number of likely N-dealkylation sites (tertiary alicyclic amines) is 1. The van der Waals surface area contributed by atoms with Crippen LogP contribution in [0.5, 0.6) is 0 Å². The van der Waals surface area contributed by atoms with Gasteiger partial charge in [0.25, 0.3) is 0 Å². The topological polar surface area (TPSA) is 53.8 Å². The Labute approximate surface area is 141 Å². The monoisotopic (exact) mass is 326 g/mol. The van der Waals surface area contributed by atoms with Gasteiger partial charge in [-0.3, -0.25) is 9.59 Å². The third kappa shape index (κ3) is 3.20. The second-order valence-corrected chi connectivity index (χ2v) is 6.28. The fourth-order valence-corrected chi connectivity index (χ4v) is 3.40. The molecule has 0 N–H and O–H groups in total. The summed E-state index contributed by atoms with van der Waals surface area (Å²) in [7, 11) is 3.56. The van der Waals surface area contributed by atoms with E-state index in [1.165, 1.54) is 0 Å². The van der Waals surface area contributed by atoms with Crippen molar-refractivity contribution >= 4 is 11.8 Å². The van der Waals surface area contributed by atoms with Crippen molar-refractivity contribution in [3.05, 3.63) is 60.1 Å². The molecule has 2 heterocycles. The first-order chi connectivity index (χ1) is 11.6. The van der Waals surface area contributed by atoms with E-state index < -0.39 is 0 Å². The van der Waals surface area contributed by atoms with Crippen LogP contribution in [0.1, 0.15) is 30.2 Å². The molecule has 24 heavy (non-hydrogen) atoms. The van der Waals surface area contributed by atoms with Crippen molar-refractivity contribution in [2.24, 2.45) is 5.92 Å². The first-order valence-corrected chi connectivity index (χ1v) is 8.16. The number of carbonyl (C=O) groups is 2. The lowest BCUT2D eigenvalue weighted by atomic mass is 9.83. The molecule has 0 bridgehead atoms. The van der Waals surface area contributed by atoms with E-state index in [2.05, 4.69) is 0 Å². The molecule has 2 aromatic rings. The second-order valence-electron chi connectivity index (χ2n) is 6.28. The van der Waals surface area contributed by atoms with Gasteiger partial charge in [0.05, 0.1) is 24.8 Å². The maximum atomic E-state index is 13.0. The van der Waals surface area contributed by atoms with Crippen molar-refractivity contribution < 1.29 is 14.0 Å². The number of piperidine rings is 1. The van der Waals surface area contributed by atoms with Gasteiger partial charge in [0, 0.05) is 20.5 Å². The summed E-state index contributed by atoms with van der Waals surface area (Å²) in [5.74, 6) is 0.638. The molecule has 1 aromatic heterocycles. The highest BCUT2D eigenvalue weighted by Gasteiger charge is 2.39. The molecule has 1 aliphatic heterocycles. The number of hydrogen-bond donors (Lipinski definition) is 0. The van der Waals surface area contributed by atoms with Crippen molar-refractivity contribution in [1.82, 2.24) is 9.80 Å². The number of furan rings is 1. The second kappa shape index (κ2) is 6.91. The Morgan fingerprint density at radius 1 is 1.25 bits per heavy atom. The number of benzene rings is 1. The number of amides is 2. The minimum atomic E-state index is -0.241. The lowest BCUT2D eigenvalue weighted by Gasteiger charge is -2.39. The van der Waals surface area contributed by atoms with Gasteiger partial charge in [-0.2, -0.15) is 0 Å². The zero-order chi connectivity index (χ0) is 17.1. The number of carbonyl (C=O) groups excluding carboxylic acids is 2. The van der Waals surface area contributed by atoms with Gasteiger partial charge in [-0.25, -0.2) is 0 Å². The average molecular weight is 326 g/mol. The highest BCUT2D eigenvalue weighted by atomic mass is 16.3. The quantitative estimate of drug-likeness (QED) is 0.868. The molecule has 1 saturated heterocycles. The van der Waals surface area contributed by atoms with Gasteiger partial charge >= 0.3 is 0 Å². The summed E-state index contributed by atoms with van der Waals surface area (Å²) in [5.41, 5.74) is 0.998. The van der Waals surface area contributed by atoms with Gasteiger partial charge in [0.1, 0.15) is 5.76 Å². The lowest BCUT2D eigenvalue weighted by Crippen LogP contribution is -2.46. The van der Waals surface area contributed by atoms with Crippen LogP contribution in [-0.4, -0.2) is 35.7 Å². The Morgan fingerprint density at radius 2 is 2.00 bits per heavy atom. The van der Waals surface area contributed by atoms with Crippen LogP contribution >= 0.6 is 0 Å². The first-order valence-electron chi connectivity index (χ1n) is 8.16. The Morgan fingerprint density at radius 3 is 2.67 bits per heavy atom. The maximum absolute atomic E-state index is 13.0. The Balaban J connectivity index is 1.83. The summed E-state index contributed by atoms with van der Waals surface area (Å²) in [6.45, 7) is 0.432. The fourth-order valence-electron chi connectivity index (χ4n) is 3.40. The number of nitrogens with zero attached hydrogens (tertiary/aromatic N) is 2. The minimum Gasteiger partial charge on any atom is -0.467 e. The van der Waals surface area contributed by atoms with Gasteiger partial charge in [-0.15, -0.1) is 0 Å². The molecule has 0 saturated carbocycles. The minimum absolute atomic E-state index is 0.0413. The van der Waals surface area contributed by atoms with Crippen LogP contribution in [0.3, 0.4) is 0 Å². The van der Waals surface area contributed by atoms with Crippen LogP contribution in [0.25, 0.3) is 0 Å². The number of rotatable bonds is 4. The zero-order valence-electron chi connectivity index (χ0n) is 14.0. The van der Waals surface area contributed by atoms with Crippen molar-refractivity contribution in [3.8, 4) is 0 Å². The Bertz CT molecular complexity index is 697. The lowest BCUT2D eigenvalue weighted by molar-refractivity contribution is -0.146.